The molecule has 0 bridgehead atoms. The summed E-state index contributed by atoms with van der Waals surface area (Å²) in [7, 11) is 0. The van der Waals surface area contributed by atoms with E-state index >= 15 is 0 Å². The summed E-state index contributed by atoms with van der Waals surface area (Å²) in [6, 6.07) is 15.3. The van der Waals surface area contributed by atoms with Gasteiger partial charge in [-0.05, 0) is 43.7 Å². The first kappa shape index (κ1) is 18.8. The van der Waals surface area contributed by atoms with Crippen molar-refractivity contribution in [2.45, 2.75) is 20.0 Å². The second-order valence-corrected chi connectivity index (χ2v) is 6.77. The molecular formula is C21H25N3O3. The maximum atomic E-state index is 12.8. The van der Waals surface area contributed by atoms with E-state index in [1.165, 1.54) is 5.69 Å². The van der Waals surface area contributed by atoms with Crippen molar-refractivity contribution in [1.29, 1.82) is 0 Å². The summed E-state index contributed by atoms with van der Waals surface area (Å²) in [4.78, 5) is 28.5. The molecular weight excluding hydrogens is 342 g/mol. The first-order valence-electron chi connectivity index (χ1n) is 9.11. The van der Waals surface area contributed by atoms with Crippen molar-refractivity contribution in [2.75, 3.05) is 31.1 Å². The lowest BCUT2D eigenvalue weighted by molar-refractivity contribution is -0.138. The van der Waals surface area contributed by atoms with E-state index in [-0.39, 0.29) is 11.5 Å². The van der Waals surface area contributed by atoms with Gasteiger partial charge in [-0.25, -0.2) is 0 Å². The lowest BCUT2D eigenvalue weighted by atomic mass is 10.1. The molecule has 1 unspecified atom stereocenters. The second kappa shape index (κ2) is 8.12. The van der Waals surface area contributed by atoms with Gasteiger partial charge in [-0.3, -0.25) is 9.59 Å². The number of ether oxygens (including phenoxy) is 1. The third-order valence-electron chi connectivity index (χ3n) is 4.77. The van der Waals surface area contributed by atoms with Crippen LogP contribution in [0.5, 0.6) is 5.75 Å². The molecule has 2 amide bonds. The predicted molar refractivity (Wildman–Crippen MR) is 105 cm³/mol. The third kappa shape index (κ3) is 4.39. The number of amides is 2. The van der Waals surface area contributed by atoms with Crippen LogP contribution in [-0.4, -0.2) is 49.0 Å². The number of hydrogen-bond donors (Lipinski definition) is 1. The van der Waals surface area contributed by atoms with Gasteiger partial charge in [-0.15, -0.1) is 0 Å². The Kier molecular flexibility index (Phi) is 5.64. The zero-order valence-corrected chi connectivity index (χ0v) is 15.7. The van der Waals surface area contributed by atoms with Gasteiger partial charge < -0.3 is 20.3 Å². The normalized spacial score (nSPS) is 15.3. The topological polar surface area (TPSA) is 75.9 Å². The molecule has 1 heterocycles. The number of carbonyl (C=O) groups excluding carboxylic acids is 2. The quantitative estimate of drug-likeness (QED) is 0.879. The van der Waals surface area contributed by atoms with Crippen LogP contribution in [0.3, 0.4) is 0 Å². The van der Waals surface area contributed by atoms with Gasteiger partial charge in [0.2, 0.25) is 0 Å². The molecule has 2 N–H and O–H groups in total. The summed E-state index contributed by atoms with van der Waals surface area (Å²) in [5.41, 5.74) is 7.80. The summed E-state index contributed by atoms with van der Waals surface area (Å²) < 4.78 is 5.81. The van der Waals surface area contributed by atoms with Gasteiger partial charge in [0, 0.05) is 31.9 Å². The summed E-state index contributed by atoms with van der Waals surface area (Å²) in [6.07, 6.45) is -0.687. The maximum Gasteiger partial charge on any atom is 0.263 e. The lowest BCUT2D eigenvalue weighted by Gasteiger charge is -2.37. The summed E-state index contributed by atoms with van der Waals surface area (Å²) >= 11 is 0. The molecule has 6 heteroatoms. The van der Waals surface area contributed by atoms with E-state index in [4.69, 9.17) is 10.5 Å². The highest BCUT2D eigenvalue weighted by Gasteiger charge is 2.27. The number of hydrogen-bond acceptors (Lipinski definition) is 4. The predicted octanol–water partition coefficient (Wildman–Crippen LogP) is 2.21. The smallest absolute Gasteiger partial charge is 0.263 e. The Morgan fingerprint density at radius 2 is 1.70 bits per heavy atom. The van der Waals surface area contributed by atoms with Gasteiger partial charge in [-0.1, -0.05) is 24.3 Å². The van der Waals surface area contributed by atoms with E-state index < -0.39 is 12.0 Å². The van der Waals surface area contributed by atoms with Crippen LogP contribution in [-0.2, 0) is 4.79 Å². The average molecular weight is 367 g/mol. The van der Waals surface area contributed by atoms with Crippen LogP contribution in [0.2, 0.25) is 0 Å². The number of nitrogens with two attached hydrogens (primary N) is 1. The highest BCUT2D eigenvalue weighted by molar-refractivity contribution is 5.96. The fourth-order valence-corrected chi connectivity index (χ4v) is 3.25. The molecule has 2 aromatic rings. The van der Waals surface area contributed by atoms with Crippen molar-refractivity contribution >= 4 is 17.5 Å². The first-order valence-corrected chi connectivity index (χ1v) is 9.11. The Balaban J connectivity index is 1.62. The fraction of sp³-hybridized carbons (Fsp3) is 0.333. The summed E-state index contributed by atoms with van der Waals surface area (Å²) in [5.74, 6) is -0.299. The molecule has 1 aliphatic heterocycles. The summed E-state index contributed by atoms with van der Waals surface area (Å²) in [6.45, 7) is 6.43. The van der Waals surface area contributed by atoms with Crippen LogP contribution >= 0.6 is 0 Å². The first-order chi connectivity index (χ1) is 13.0. The molecule has 1 fully saturated rings. The average Bonchev–Trinajstić information content (AvgIpc) is 2.68. The number of anilines is 1. The molecule has 3 rings (SSSR count). The maximum absolute atomic E-state index is 12.8. The minimum atomic E-state index is -0.687. The second-order valence-electron chi connectivity index (χ2n) is 6.77. The fourth-order valence-electron chi connectivity index (χ4n) is 3.25. The number of aryl methyl sites for hydroxylation is 1. The zero-order valence-electron chi connectivity index (χ0n) is 15.7. The molecule has 0 radical (unpaired) electrons. The van der Waals surface area contributed by atoms with E-state index in [1.807, 2.05) is 30.0 Å². The number of carbonyl (C=O) groups is 2. The van der Waals surface area contributed by atoms with Crippen LogP contribution in [0, 0.1) is 6.92 Å². The molecule has 2 aromatic carbocycles. The van der Waals surface area contributed by atoms with Gasteiger partial charge in [0.15, 0.2) is 6.10 Å². The minimum absolute atomic E-state index is 0.0837. The Labute approximate surface area is 159 Å². The molecule has 6 nitrogen and oxygen atoms in total. The van der Waals surface area contributed by atoms with E-state index in [0.717, 1.165) is 18.7 Å². The number of primary amides is 1. The molecule has 0 spiro atoms. The van der Waals surface area contributed by atoms with Crippen molar-refractivity contribution < 1.29 is 14.3 Å². The molecule has 1 saturated heterocycles. The number of benzene rings is 2. The minimum Gasteiger partial charge on any atom is -0.480 e. The SMILES string of the molecule is Cc1ccc(C(N)=O)c(OC(C)C(=O)N2CCN(c3ccccc3)CC2)c1. The van der Waals surface area contributed by atoms with E-state index in [1.54, 1.807) is 25.1 Å². The van der Waals surface area contributed by atoms with E-state index in [0.29, 0.717) is 18.8 Å². The molecule has 0 aliphatic carbocycles. The summed E-state index contributed by atoms with van der Waals surface area (Å²) in [5, 5.41) is 0. The Morgan fingerprint density at radius 1 is 1.04 bits per heavy atom. The van der Waals surface area contributed by atoms with E-state index in [2.05, 4.69) is 17.0 Å². The third-order valence-corrected chi connectivity index (χ3v) is 4.77. The zero-order chi connectivity index (χ0) is 19.4. The molecule has 0 aromatic heterocycles. The number of rotatable bonds is 5. The van der Waals surface area contributed by atoms with Crippen LogP contribution in [0.15, 0.2) is 48.5 Å². The van der Waals surface area contributed by atoms with Gasteiger partial charge in [-0.2, -0.15) is 0 Å². The Morgan fingerprint density at radius 3 is 2.33 bits per heavy atom. The van der Waals surface area contributed by atoms with Crippen LogP contribution < -0.4 is 15.4 Å². The molecule has 0 saturated carbocycles. The van der Waals surface area contributed by atoms with Crippen molar-refractivity contribution in [3.63, 3.8) is 0 Å². The van der Waals surface area contributed by atoms with Crippen molar-refractivity contribution in [1.82, 2.24) is 4.90 Å². The molecule has 27 heavy (non-hydrogen) atoms. The van der Waals surface area contributed by atoms with Gasteiger partial charge in [0.05, 0.1) is 5.56 Å². The number of para-hydroxylation sites is 1. The molecule has 1 atom stereocenters. The lowest BCUT2D eigenvalue weighted by Crippen LogP contribution is -2.52. The van der Waals surface area contributed by atoms with Crippen molar-refractivity contribution in [3.05, 3.63) is 59.7 Å². The van der Waals surface area contributed by atoms with Crippen LogP contribution in [0.4, 0.5) is 5.69 Å². The van der Waals surface area contributed by atoms with Crippen molar-refractivity contribution in [2.24, 2.45) is 5.73 Å². The highest BCUT2D eigenvalue weighted by Crippen LogP contribution is 2.22. The Bertz CT molecular complexity index is 815. The standard InChI is InChI=1S/C21H25N3O3/c1-15-8-9-18(20(22)25)19(14-15)27-16(2)21(26)24-12-10-23(11-13-24)17-6-4-3-5-7-17/h3-9,14,16H,10-13H2,1-2H3,(H2,22,25). The largest absolute Gasteiger partial charge is 0.480 e. The molecule has 1 aliphatic rings. The molecule has 142 valence electrons. The van der Waals surface area contributed by atoms with E-state index in [9.17, 15) is 9.59 Å². The highest BCUT2D eigenvalue weighted by atomic mass is 16.5. The van der Waals surface area contributed by atoms with Gasteiger partial charge >= 0.3 is 0 Å². The van der Waals surface area contributed by atoms with Crippen LogP contribution in [0.1, 0.15) is 22.8 Å². The van der Waals surface area contributed by atoms with Gasteiger partial charge in [0.1, 0.15) is 5.75 Å². The van der Waals surface area contributed by atoms with Crippen molar-refractivity contribution in [3.8, 4) is 5.75 Å². The Hall–Kier alpha value is -3.02. The number of piperazine rings is 1. The van der Waals surface area contributed by atoms with Gasteiger partial charge in [0.25, 0.3) is 11.8 Å². The monoisotopic (exact) mass is 367 g/mol. The number of nitrogens with zero attached hydrogens (tertiary/aromatic N) is 2. The van der Waals surface area contributed by atoms with Crippen LogP contribution in [0.25, 0.3) is 0 Å².